The molecule has 2 heteroatoms. The van der Waals surface area contributed by atoms with Crippen LogP contribution < -0.4 is 4.74 Å². The van der Waals surface area contributed by atoms with Gasteiger partial charge < -0.3 is 9.84 Å². The van der Waals surface area contributed by atoms with Crippen LogP contribution in [0.5, 0.6) is 11.5 Å². The SMILES string of the molecule is CCCCCCOc1ccc(-c2ccc(-c3ccc(O)cc3)cc2)cc1. The molecule has 0 heterocycles. The Balaban J connectivity index is 1.61. The lowest BCUT2D eigenvalue weighted by Crippen LogP contribution is -1.96. The number of phenolic OH excluding ortho intramolecular Hbond substituents is 1. The Morgan fingerprint density at radius 1 is 0.615 bits per heavy atom. The number of ether oxygens (including phenoxy) is 1. The molecular formula is C24H26O2. The Hall–Kier alpha value is -2.74. The molecule has 0 aliphatic heterocycles. The number of phenols is 1. The standard InChI is InChI=1S/C24H26O2/c1-2-3-4-5-18-26-24-16-12-22(13-17-24)20-8-6-19(7-9-20)21-10-14-23(25)15-11-21/h6-17,25H,2-5,18H2,1H3. The molecule has 0 spiro atoms. The minimum absolute atomic E-state index is 0.290. The fourth-order valence-corrected chi connectivity index (χ4v) is 2.97. The Kier molecular flexibility index (Phi) is 6.32. The predicted molar refractivity (Wildman–Crippen MR) is 109 cm³/mol. The van der Waals surface area contributed by atoms with Crippen LogP contribution in [0.4, 0.5) is 0 Å². The average Bonchev–Trinajstić information content (AvgIpc) is 2.69. The number of benzene rings is 3. The van der Waals surface area contributed by atoms with Crippen molar-refractivity contribution in [3.8, 4) is 33.8 Å². The van der Waals surface area contributed by atoms with Gasteiger partial charge in [0.1, 0.15) is 11.5 Å². The van der Waals surface area contributed by atoms with Gasteiger partial charge in [-0.1, -0.05) is 74.7 Å². The molecule has 1 N–H and O–H groups in total. The highest BCUT2D eigenvalue weighted by Crippen LogP contribution is 2.27. The lowest BCUT2D eigenvalue weighted by atomic mass is 10.0. The molecule has 3 aromatic rings. The maximum absolute atomic E-state index is 9.40. The van der Waals surface area contributed by atoms with Gasteiger partial charge in [-0.15, -0.1) is 0 Å². The highest BCUT2D eigenvalue weighted by molar-refractivity contribution is 5.70. The molecule has 26 heavy (non-hydrogen) atoms. The zero-order chi connectivity index (χ0) is 18.2. The molecule has 3 rings (SSSR count). The molecule has 0 saturated heterocycles. The highest BCUT2D eigenvalue weighted by atomic mass is 16.5. The third kappa shape index (κ3) is 4.89. The molecule has 0 aliphatic carbocycles. The molecule has 0 aromatic heterocycles. The summed E-state index contributed by atoms with van der Waals surface area (Å²) < 4.78 is 5.81. The molecule has 0 aliphatic rings. The van der Waals surface area contributed by atoms with Gasteiger partial charge in [-0.3, -0.25) is 0 Å². The van der Waals surface area contributed by atoms with Crippen LogP contribution in [-0.4, -0.2) is 11.7 Å². The van der Waals surface area contributed by atoms with E-state index in [2.05, 4.69) is 43.3 Å². The summed E-state index contributed by atoms with van der Waals surface area (Å²) in [5, 5.41) is 9.40. The van der Waals surface area contributed by atoms with Crippen LogP contribution in [-0.2, 0) is 0 Å². The Morgan fingerprint density at radius 2 is 1.08 bits per heavy atom. The molecule has 0 bridgehead atoms. The van der Waals surface area contributed by atoms with Crippen LogP contribution in [0, 0.1) is 0 Å². The first kappa shape index (κ1) is 18.1. The van der Waals surface area contributed by atoms with Crippen LogP contribution in [0.25, 0.3) is 22.3 Å². The van der Waals surface area contributed by atoms with Gasteiger partial charge in [0.25, 0.3) is 0 Å². The van der Waals surface area contributed by atoms with Crippen molar-refractivity contribution >= 4 is 0 Å². The zero-order valence-corrected chi connectivity index (χ0v) is 15.3. The van der Waals surface area contributed by atoms with Crippen LogP contribution in [0.2, 0.25) is 0 Å². The summed E-state index contributed by atoms with van der Waals surface area (Å²) in [6.45, 7) is 3.01. The van der Waals surface area contributed by atoms with Crippen LogP contribution >= 0.6 is 0 Å². The van der Waals surface area contributed by atoms with Gasteiger partial charge in [-0.2, -0.15) is 0 Å². The number of hydrogen-bond acceptors (Lipinski definition) is 2. The molecule has 3 aromatic carbocycles. The lowest BCUT2D eigenvalue weighted by Gasteiger charge is -2.08. The topological polar surface area (TPSA) is 29.5 Å². The van der Waals surface area contributed by atoms with Gasteiger partial charge in [0.15, 0.2) is 0 Å². The van der Waals surface area contributed by atoms with E-state index in [1.54, 1.807) is 12.1 Å². The minimum Gasteiger partial charge on any atom is -0.508 e. The first-order chi connectivity index (χ1) is 12.8. The number of aromatic hydroxyl groups is 1. The molecular weight excluding hydrogens is 320 g/mol. The lowest BCUT2D eigenvalue weighted by molar-refractivity contribution is 0.305. The van der Waals surface area contributed by atoms with E-state index in [4.69, 9.17) is 4.74 Å². The summed E-state index contributed by atoms with van der Waals surface area (Å²) in [6, 6.07) is 24.1. The average molecular weight is 346 g/mol. The summed E-state index contributed by atoms with van der Waals surface area (Å²) >= 11 is 0. The predicted octanol–water partition coefficient (Wildman–Crippen LogP) is 6.69. The van der Waals surface area contributed by atoms with Gasteiger partial charge >= 0.3 is 0 Å². The smallest absolute Gasteiger partial charge is 0.119 e. The molecule has 134 valence electrons. The monoisotopic (exact) mass is 346 g/mol. The molecule has 0 amide bonds. The summed E-state index contributed by atoms with van der Waals surface area (Å²) in [5.74, 6) is 1.23. The van der Waals surface area contributed by atoms with Crippen LogP contribution in [0.1, 0.15) is 32.6 Å². The van der Waals surface area contributed by atoms with Crippen LogP contribution in [0.3, 0.4) is 0 Å². The third-order valence-electron chi connectivity index (χ3n) is 4.54. The van der Waals surface area contributed by atoms with E-state index < -0.39 is 0 Å². The first-order valence-electron chi connectivity index (χ1n) is 9.39. The van der Waals surface area contributed by atoms with Crippen molar-refractivity contribution in [2.75, 3.05) is 6.61 Å². The summed E-state index contributed by atoms with van der Waals surface area (Å²) in [7, 11) is 0. The van der Waals surface area contributed by atoms with Crippen molar-refractivity contribution < 1.29 is 9.84 Å². The van der Waals surface area contributed by atoms with Crippen molar-refractivity contribution in [1.29, 1.82) is 0 Å². The molecule has 0 unspecified atom stereocenters. The second-order valence-electron chi connectivity index (χ2n) is 6.56. The van der Waals surface area contributed by atoms with E-state index in [0.29, 0.717) is 0 Å². The fraction of sp³-hybridized carbons (Fsp3) is 0.250. The summed E-state index contributed by atoms with van der Waals surface area (Å²) in [5.41, 5.74) is 4.60. The van der Waals surface area contributed by atoms with E-state index in [-0.39, 0.29) is 5.75 Å². The Morgan fingerprint density at radius 3 is 1.58 bits per heavy atom. The van der Waals surface area contributed by atoms with E-state index >= 15 is 0 Å². The summed E-state index contributed by atoms with van der Waals surface area (Å²) in [4.78, 5) is 0. The normalized spacial score (nSPS) is 10.7. The third-order valence-corrected chi connectivity index (χ3v) is 4.54. The van der Waals surface area contributed by atoms with Crippen LogP contribution in [0.15, 0.2) is 72.8 Å². The van der Waals surface area contributed by atoms with Gasteiger partial charge in [-0.25, -0.2) is 0 Å². The highest BCUT2D eigenvalue weighted by Gasteiger charge is 2.02. The van der Waals surface area contributed by atoms with Gasteiger partial charge in [0.2, 0.25) is 0 Å². The first-order valence-corrected chi connectivity index (χ1v) is 9.39. The molecule has 0 radical (unpaired) electrons. The second-order valence-corrected chi connectivity index (χ2v) is 6.56. The van der Waals surface area contributed by atoms with Gasteiger partial charge in [0, 0.05) is 0 Å². The molecule has 0 fully saturated rings. The number of hydrogen-bond donors (Lipinski definition) is 1. The maximum atomic E-state index is 9.40. The zero-order valence-electron chi connectivity index (χ0n) is 15.3. The van der Waals surface area contributed by atoms with Crippen molar-refractivity contribution in [2.24, 2.45) is 0 Å². The maximum Gasteiger partial charge on any atom is 0.119 e. The molecule has 0 saturated carbocycles. The number of rotatable bonds is 8. The quantitative estimate of drug-likeness (QED) is 0.461. The van der Waals surface area contributed by atoms with Crippen molar-refractivity contribution in [1.82, 2.24) is 0 Å². The number of unbranched alkanes of at least 4 members (excludes halogenated alkanes) is 3. The van der Waals surface area contributed by atoms with E-state index in [9.17, 15) is 5.11 Å². The van der Waals surface area contributed by atoms with E-state index in [1.807, 2.05) is 24.3 Å². The fourth-order valence-electron chi connectivity index (χ4n) is 2.97. The Bertz CT molecular complexity index is 787. The largest absolute Gasteiger partial charge is 0.508 e. The van der Waals surface area contributed by atoms with Crippen molar-refractivity contribution in [2.45, 2.75) is 32.6 Å². The van der Waals surface area contributed by atoms with E-state index in [0.717, 1.165) is 29.9 Å². The minimum atomic E-state index is 0.290. The van der Waals surface area contributed by atoms with Gasteiger partial charge in [0.05, 0.1) is 6.61 Å². The van der Waals surface area contributed by atoms with E-state index in [1.165, 1.54) is 30.4 Å². The van der Waals surface area contributed by atoms with Crippen molar-refractivity contribution in [3.63, 3.8) is 0 Å². The Labute approximate surface area is 156 Å². The molecule has 0 atom stereocenters. The summed E-state index contributed by atoms with van der Waals surface area (Å²) in [6.07, 6.45) is 4.89. The second kappa shape index (κ2) is 9.10. The van der Waals surface area contributed by atoms with Crippen molar-refractivity contribution in [3.05, 3.63) is 72.8 Å². The molecule has 2 nitrogen and oxygen atoms in total. The van der Waals surface area contributed by atoms with Gasteiger partial charge in [-0.05, 0) is 52.9 Å².